The Morgan fingerprint density at radius 1 is 1.50 bits per heavy atom. The van der Waals surface area contributed by atoms with Crippen LogP contribution in [0.4, 0.5) is 0 Å². The van der Waals surface area contributed by atoms with Crippen LogP contribution in [0.5, 0.6) is 0 Å². The Balaban J connectivity index is 0.000000673. The summed E-state index contributed by atoms with van der Waals surface area (Å²) in [7, 11) is 3.75. The van der Waals surface area contributed by atoms with Crippen molar-refractivity contribution in [2.45, 2.75) is 19.4 Å². The van der Waals surface area contributed by atoms with Crippen LogP contribution in [-0.2, 0) is 14.3 Å². The average molecular weight is 231 g/mol. The lowest BCUT2D eigenvalue weighted by atomic mass is 10.1. The van der Waals surface area contributed by atoms with E-state index >= 15 is 0 Å². The second-order valence-electron chi connectivity index (χ2n) is 3.31. The minimum Gasteiger partial charge on any atom is -0.466 e. The average Bonchev–Trinajstić information content (AvgIpc) is 2.23. The van der Waals surface area contributed by atoms with E-state index < -0.39 is 6.04 Å². The third kappa shape index (κ3) is 6.36. The molecule has 0 bridgehead atoms. The van der Waals surface area contributed by atoms with Crippen LogP contribution in [-0.4, -0.2) is 51.7 Å². The number of carbonyl (C=O) groups is 2. The molecular formula is C10H21N3O3. The third-order valence-corrected chi connectivity index (χ3v) is 1.81. The molecule has 94 valence electrons. The number of nitrogens with one attached hydrogen (secondary N) is 3. The number of amides is 1. The summed E-state index contributed by atoms with van der Waals surface area (Å²) >= 11 is 0. The maximum atomic E-state index is 11.2. The molecule has 0 radical (unpaired) electrons. The third-order valence-electron chi connectivity index (χ3n) is 1.81. The highest BCUT2D eigenvalue weighted by molar-refractivity contribution is 5.87. The van der Waals surface area contributed by atoms with Gasteiger partial charge >= 0.3 is 5.97 Å². The summed E-state index contributed by atoms with van der Waals surface area (Å²) in [6, 6.07) is -0.423. The molecule has 1 aliphatic rings. The molecule has 0 aromatic carbocycles. The lowest BCUT2D eigenvalue weighted by Crippen LogP contribution is -2.53. The Morgan fingerprint density at radius 2 is 2.12 bits per heavy atom. The van der Waals surface area contributed by atoms with Crippen molar-refractivity contribution >= 4 is 11.9 Å². The summed E-state index contributed by atoms with van der Waals surface area (Å²) in [4.78, 5) is 22.2. The highest BCUT2D eigenvalue weighted by atomic mass is 16.5. The van der Waals surface area contributed by atoms with Gasteiger partial charge in [0, 0.05) is 13.1 Å². The molecule has 1 fully saturated rings. The predicted molar refractivity (Wildman–Crippen MR) is 61.0 cm³/mol. The van der Waals surface area contributed by atoms with Crippen LogP contribution in [0.1, 0.15) is 13.3 Å². The van der Waals surface area contributed by atoms with Crippen molar-refractivity contribution in [2.75, 3.05) is 33.8 Å². The molecule has 1 amide bonds. The van der Waals surface area contributed by atoms with Crippen LogP contribution in [0.3, 0.4) is 0 Å². The zero-order valence-electron chi connectivity index (χ0n) is 10.1. The normalized spacial score (nSPS) is 19.2. The summed E-state index contributed by atoms with van der Waals surface area (Å²) < 4.78 is 4.73. The minimum atomic E-state index is -0.423. The summed E-state index contributed by atoms with van der Waals surface area (Å²) in [5, 5.41) is 8.37. The molecule has 3 N–H and O–H groups in total. The van der Waals surface area contributed by atoms with Gasteiger partial charge in [-0.05, 0) is 21.0 Å². The van der Waals surface area contributed by atoms with Crippen molar-refractivity contribution < 1.29 is 14.3 Å². The molecule has 1 rings (SSSR count). The van der Waals surface area contributed by atoms with Gasteiger partial charge in [0.2, 0.25) is 5.91 Å². The summed E-state index contributed by atoms with van der Waals surface area (Å²) in [6.07, 6.45) is 0.111. The molecule has 0 spiro atoms. The van der Waals surface area contributed by atoms with Crippen molar-refractivity contribution in [3.63, 3.8) is 0 Å². The van der Waals surface area contributed by atoms with Gasteiger partial charge in [0.05, 0.1) is 19.1 Å². The van der Waals surface area contributed by atoms with E-state index in [-0.39, 0.29) is 18.3 Å². The first kappa shape index (κ1) is 14.9. The topological polar surface area (TPSA) is 79.5 Å². The van der Waals surface area contributed by atoms with Crippen LogP contribution in [0.2, 0.25) is 0 Å². The number of hydrogen-bond donors (Lipinski definition) is 3. The first-order valence-electron chi connectivity index (χ1n) is 5.40. The van der Waals surface area contributed by atoms with Gasteiger partial charge in [-0.15, -0.1) is 0 Å². The van der Waals surface area contributed by atoms with Gasteiger partial charge in [0.1, 0.15) is 0 Å². The maximum Gasteiger partial charge on any atom is 0.307 e. The molecule has 1 aliphatic heterocycles. The van der Waals surface area contributed by atoms with E-state index in [1.807, 2.05) is 14.1 Å². The Bertz CT molecular complexity index is 221. The Morgan fingerprint density at radius 3 is 2.62 bits per heavy atom. The molecular weight excluding hydrogens is 210 g/mol. The summed E-state index contributed by atoms with van der Waals surface area (Å²) in [6.45, 7) is 3.42. The molecule has 1 heterocycles. The molecule has 0 aliphatic carbocycles. The van der Waals surface area contributed by atoms with E-state index in [1.165, 1.54) is 0 Å². The van der Waals surface area contributed by atoms with Crippen molar-refractivity contribution in [2.24, 2.45) is 0 Å². The highest BCUT2D eigenvalue weighted by Gasteiger charge is 2.24. The van der Waals surface area contributed by atoms with Gasteiger partial charge in [0.15, 0.2) is 0 Å². The van der Waals surface area contributed by atoms with Gasteiger partial charge in [-0.3, -0.25) is 9.59 Å². The number of piperazine rings is 1. The quantitative estimate of drug-likeness (QED) is 0.535. The zero-order chi connectivity index (χ0) is 12.4. The maximum absolute atomic E-state index is 11.2. The number of esters is 1. The van der Waals surface area contributed by atoms with Crippen molar-refractivity contribution in [1.82, 2.24) is 16.0 Å². The second-order valence-corrected chi connectivity index (χ2v) is 3.31. The first-order valence-corrected chi connectivity index (χ1v) is 5.40. The number of rotatable bonds is 3. The fraction of sp³-hybridized carbons (Fsp3) is 0.800. The largest absolute Gasteiger partial charge is 0.466 e. The lowest BCUT2D eigenvalue weighted by Gasteiger charge is -2.22. The fourth-order valence-electron chi connectivity index (χ4n) is 1.20. The van der Waals surface area contributed by atoms with Crippen LogP contribution >= 0.6 is 0 Å². The minimum absolute atomic E-state index is 0.111. The van der Waals surface area contributed by atoms with Crippen LogP contribution < -0.4 is 16.0 Å². The SMILES string of the molecule is CCOC(=O)CC1NCCNC1=O.CNC. The van der Waals surface area contributed by atoms with Crippen LogP contribution in [0, 0.1) is 0 Å². The Labute approximate surface area is 96.1 Å². The number of ether oxygens (including phenoxy) is 1. The van der Waals surface area contributed by atoms with Gasteiger partial charge in [-0.1, -0.05) is 0 Å². The fourth-order valence-corrected chi connectivity index (χ4v) is 1.20. The molecule has 6 heteroatoms. The summed E-state index contributed by atoms with van der Waals surface area (Å²) in [5.74, 6) is -0.462. The molecule has 6 nitrogen and oxygen atoms in total. The van der Waals surface area contributed by atoms with E-state index in [9.17, 15) is 9.59 Å². The molecule has 0 aromatic heterocycles. The second kappa shape index (κ2) is 9.11. The number of hydrogen-bond acceptors (Lipinski definition) is 5. The lowest BCUT2D eigenvalue weighted by molar-refractivity contribution is -0.145. The molecule has 1 saturated heterocycles. The molecule has 1 unspecified atom stereocenters. The summed E-state index contributed by atoms with van der Waals surface area (Å²) in [5.41, 5.74) is 0. The van der Waals surface area contributed by atoms with Crippen molar-refractivity contribution in [1.29, 1.82) is 0 Å². The molecule has 1 atom stereocenters. The van der Waals surface area contributed by atoms with Gasteiger partial charge < -0.3 is 20.7 Å². The highest BCUT2D eigenvalue weighted by Crippen LogP contribution is 1.97. The molecule has 16 heavy (non-hydrogen) atoms. The Kier molecular flexibility index (Phi) is 8.46. The zero-order valence-corrected chi connectivity index (χ0v) is 10.1. The van der Waals surface area contributed by atoms with E-state index in [0.717, 1.165) is 0 Å². The van der Waals surface area contributed by atoms with Crippen molar-refractivity contribution in [3.8, 4) is 0 Å². The van der Waals surface area contributed by atoms with Gasteiger partial charge in [-0.25, -0.2) is 0 Å². The number of carbonyl (C=O) groups excluding carboxylic acids is 2. The van der Waals surface area contributed by atoms with Crippen LogP contribution in [0.15, 0.2) is 0 Å². The van der Waals surface area contributed by atoms with E-state index in [0.29, 0.717) is 19.7 Å². The van der Waals surface area contributed by atoms with Crippen LogP contribution in [0.25, 0.3) is 0 Å². The van der Waals surface area contributed by atoms with Gasteiger partial charge in [-0.2, -0.15) is 0 Å². The smallest absolute Gasteiger partial charge is 0.307 e. The standard InChI is InChI=1S/C8H14N2O3.C2H7N/c1-2-13-7(11)5-6-8(12)10-4-3-9-6;1-3-2/h6,9H,2-5H2,1H3,(H,10,12);3H,1-2H3. The predicted octanol–water partition coefficient (Wildman–Crippen LogP) is -1.14. The van der Waals surface area contributed by atoms with E-state index in [1.54, 1.807) is 6.92 Å². The Hall–Kier alpha value is -1.14. The molecule has 0 saturated carbocycles. The van der Waals surface area contributed by atoms with E-state index in [4.69, 9.17) is 4.74 Å². The van der Waals surface area contributed by atoms with Crippen molar-refractivity contribution in [3.05, 3.63) is 0 Å². The first-order chi connectivity index (χ1) is 7.65. The monoisotopic (exact) mass is 231 g/mol. The van der Waals surface area contributed by atoms with Gasteiger partial charge in [0.25, 0.3) is 0 Å². The van der Waals surface area contributed by atoms with E-state index in [2.05, 4.69) is 16.0 Å². The molecule has 0 aromatic rings.